The fraction of sp³-hybridized carbons (Fsp3) is 1.00. The van der Waals surface area contributed by atoms with Crippen LogP contribution in [-0.4, -0.2) is 37.2 Å². The van der Waals surface area contributed by atoms with E-state index >= 15 is 0 Å². The Labute approximate surface area is 107 Å². The highest BCUT2D eigenvalue weighted by Gasteiger charge is 2.29. The van der Waals surface area contributed by atoms with Crippen LogP contribution in [0.1, 0.15) is 52.4 Å². The molecular formula is C15H29NO. The van der Waals surface area contributed by atoms with Crippen molar-refractivity contribution in [3.8, 4) is 0 Å². The summed E-state index contributed by atoms with van der Waals surface area (Å²) in [6.07, 6.45) is 8.62. The van der Waals surface area contributed by atoms with E-state index in [2.05, 4.69) is 18.7 Å². The van der Waals surface area contributed by atoms with Crippen LogP contribution in [0.15, 0.2) is 0 Å². The Morgan fingerprint density at radius 1 is 0.941 bits per heavy atom. The molecule has 0 aromatic carbocycles. The van der Waals surface area contributed by atoms with E-state index in [1.807, 2.05) is 7.11 Å². The van der Waals surface area contributed by atoms with Crippen LogP contribution in [0.2, 0.25) is 0 Å². The van der Waals surface area contributed by atoms with Gasteiger partial charge in [-0.1, -0.05) is 13.8 Å². The fourth-order valence-electron chi connectivity index (χ4n) is 3.60. The topological polar surface area (TPSA) is 12.5 Å². The van der Waals surface area contributed by atoms with Gasteiger partial charge in [0.05, 0.1) is 6.10 Å². The Hall–Kier alpha value is -0.0800. The fourth-order valence-corrected chi connectivity index (χ4v) is 3.60. The van der Waals surface area contributed by atoms with Crippen LogP contribution in [0.5, 0.6) is 0 Å². The first kappa shape index (κ1) is 13.4. The summed E-state index contributed by atoms with van der Waals surface area (Å²) < 4.78 is 5.46. The third kappa shape index (κ3) is 3.45. The van der Waals surface area contributed by atoms with E-state index in [1.54, 1.807) is 0 Å². The van der Waals surface area contributed by atoms with Crippen molar-refractivity contribution in [1.29, 1.82) is 0 Å². The molecule has 0 atom stereocenters. The molecule has 0 spiro atoms. The third-order valence-electron chi connectivity index (χ3n) is 5.01. The third-order valence-corrected chi connectivity index (χ3v) is 5.01. The minimum Gasteiger partial charge on any atom is -0.381 e. The Morgan fingerprint density at radius 2 is 1.53 bits per heavy atom. The van der Waals surface area contributed by atoms with Gasteiger partial charge in [-0.15, -0.1) is 0 Å². The van der Waals surface area contributed by atoms with Crippen LogP contribution in [0.3, 0.4) is 0 Å². The van der Waals surface area contributed by atoms with E-state index in [9.17, 15) is 0 Å². The van der Waals surface area contributed by atoms with Gasteiger partial charge >= 0.3 is 0 Å². The van der Waals surface area contributed by atoms with Gasteiger partial charge in [0.15, 0.2) is 0 Å². The van der Waals surface area contributed by atoms with E-state index in [1.165, 1.54) is 51.6 Å². The molecule has 2 aliphatic rings. The van der Waals surface area contributed by atoms with Gasteiger partial charge in [0, 0.05) is 13.2 Å². The van der Waals surface area contributed by atoms with Gasteiger partial charge in [-0.05, 0) is 63.5 Å². The molecule has 1 saturated carbocycles. The molecule has 1 saturated heterocycles. The molecule has 0 aromatic rings. The molecule has 0 unspecified atom stereocenters. The predicted molar refractivity (Wildman–Crippen MR) is 72.2 cm³/mol. The first-order chi connectivity index (χ1) is 8.20. The molecule has 0 N–H and O–H groups in total. The van der Waals surface area contributed by atoms with Gasteiger partial charge in [0.25, 0.3) is 0 Å². The quantitative estimate of drug-likeness (QED) is 0.749. The normalized spacial score (nSPS) is 33.2. The Morgan fingerprint density at radius 3 is 2.00 bits per heavy atom. The van der Waals surface area contributed by atoms with E-state index in [4.69, 9.17) is 4.74 Å². The van der Waals surface area contributed by atoms with E-state index in [-0.39, 0.29) is 0 Å². The van der Waals surface area contributed by atoms with Gasteiger partial charge in [0.1, 0.15) is 0 Å². The van der Waals surface area contributed by atoms with Gasteiger partial charge in [0.2, 0.25) is 0 Å². The second-order valence-electron chi connectivity index (χ2n) is 6.28. The minimum atomic E-state index is 0.541. The average Bonchev–Trinajstić information content (AvgIpc) is 2.39. The van der Waals surface area contributed by atoms with Crippen LogP contribution in [-0.2, 0) is 4.74 Å². The molecule has 0 bridgehead atoms. The maximum Gasteiger partial charge on any atom is 0.0572 e. The van der Waals surface area contributed by atoms with Crippen molar-refractivity contribution in [2.75, 3.05) is 20.2 Å². The lowest BCUT2D eigenvalue weighted by Gasteiger charge is -2.41. The van der Waals surface area contributed by atoms with E-state index < -0.39 is 0 Å². The number of piperidine rings is 1. The molecule has 17 heavy (non-hydrogen) atoms. The number of methoxy groups -OCH3 is 1. The monoisotopic (exact) mass is 239 g/mol. The Balaban J connectivity index is 1.74. The number of ether oxygens (including phenoxy) is 1. The first-order valence-electron chi connectivity index (χ1n) is 7.47. The Bertz CT molecular complexity index is 213. The van der Waals surface area contributed by atoms with E-state index in [0.29, 0.717) is 6.10 Å². The zero-order valence-electron chi connectivity index (χ0n) is 11.8. The van der Waals surface area contributed by atoms with Crippen LogP contribution in [0, 0.1) is 11.8 Å². The van der Waals surface area contributed by atoms with Crippen molar-refractivity contribution >= 4 is 0 Å². The Kier molecular flexibility index (Phi) is 4.87. The summed E-state index contributed by atoms with van der Waals surface area (Å²) in [6, 6.07) is 0.856. The summed E-state index contributed by atoms with van der Waals surface area (Å²) in [7, 11) is 1.86. The summed E-state index contributed by atoms with van der Waals surface area (Å²) in [6.45, 7) is 7.44. The summed E-state index contributed by atoms with van der Waals surface area (Å²) >= 11 is 0. The minimum absolute atomic E-state index is 0.541. The largest absolute Gasteiger partial charge is 0.381 e. The summed E-state index contributed by atoms with van der Waals surface area (Å²) in [5.74, 6) is 1.85. The SMILES string of the molecule is CO[C@H]1CC[C@H](N2CCC(C(C)C)CC2)CC1. The standard InChI is InChI=1S/C15H29NO/c1-12(2)13-8-10-16(11-9-13)14-4-6-15(17-3)7-5-14/h12-15H,4-11H2,1-3H3/t14-,15-. The van der Waals surface area contributed by atoms with Gasteiger partial charge < -0.3 is 9.64 Å². The molecule has 1 aliphatic heterocycles. The second kappa shape index (κ2) is 6.19. The molecule has 100 valence electrons. The van der Waals surface area contributed by atoms with E-state index in [0.717, 1.165) is 17.9 Å². The lowest BCUT2D eigenvalue weighted by atomic mass is 9.84. The number of likely N-dealkylation sites (tertiary alicyclic amines) is 1. The molecular weight excluding hydrogens is 210 g/mol. The lowest BCUT2D eigenvalue weighted by molar-refractivity contribution is 0.0262. The number of hydrogen-bond donors (Lipinski definition) is 0. The molecule has 1 aliphatic carbocycles. The average molecular weight is 239 g/mol. The summed E-state index contributed by atoms with van der Waals surface area (Å²) in [5.41, 5.74) is 0. The highest BCUT2D eigenvalue weighted by Crippen LogP contribution is 2.30. The maximum atomic E-state index is 5.46. The zero-order chi connectivity index (χ0) is 12.3. The van der Waals surface area contributed by atoms with Crippen molar-refractivity contribution in [3.05, 3.63) is 0 Å². The molecule has 0 radical (unpaired) electrons. The number of nitrogens with zero attached hydrogens (tertiary/aromatic N) is 1. The molecule has 0 amide bonds. The van der Waals surface area contributed by atoms with Crippen LogP contribution >= 0.6 is 0 Å². The van der Waals surface area contributed by atoms with Gasteiger partial charge in [-0.2, -0.15) is 0 Å². The summed E-state index contributed by atoms with van der Waals surface area (Å²) in [4.78, 5) is 2.75. The number of rotatable bonds is 3. The zero-order valence-corrected chi connectivity index (χ0v) is 11.8. The van der Waals surface area contributed by atoms with Crippen molar-refractivity contribution in [2.24, 2.45) is 11.8 Å². The van der Waals surface area contributed by atoms with Crippen molar-refractivity contribution in [2.45, 2.75) is 64.5 Å². The molecule has 2 rings (SSSR count). The first-order valence-corrected chi connectivity index (χ1v) is 7.47. The van der Waals surface area contributed by atoms with Crippen LogP contribution in [0.25, 0.3) is 0 Å². The van der Waals surface area contributed by atoms with Crippen LogP contribution in [0.4, 0.5) is 0 Å². The second-order valence-corrected chi connectivity index (χ2v) is 6.28. The molecule has 1 heterocycles. The van der Waals surface area contributed by atoms with Gasteiger partial charge in [-0.3, -0.25) is 0 Å². The number of hydrogen-bond acceptors (Lipinski definition) is 2. The lowest BCUT2D eigenvalue weighted by Crippen LogP contribution is -2.44. The maximum absolute atomic E-state index is 5.46. The van der Waals surface area contributed by atoms with Crippen LogP contribution < -0.4 is 0 Å². The van der Waals surface area contributed by atoms with Crippen molar-refractivity contribution < 1.29 is 4.74 Å². The highest BCUT2D eigenvalue weighted by atomic mass is 16.5. The molecule has 0 aromatic heterocycles. The van der Waals surface area contributed by atoms with Crippen molar-refractivity contribution in [3.63, 3.8) is 0 Å². The highest BCUT2D eigenvalue weighted by molar-refractivity contribution is 4.83. The summed E-state index contributed by atoms with van der Waals surface area (Å²) in [5, 5.41) is 0. The predicted octanol–water partition coefficient (Wildman–Crippen LogP) is 3.31. The molecule has 2 heteroatoms. The molecule has 2 fully saturated rings. The smallest absolute Gasteiger partial charge is 0.0572 e. The molecule has 2 nitrogen and oxygen atoms in total. The van der Waals surface area contributed by atoms with Crippen molar-refractivity contribution in [1.82, 2.24) is 4.90 Å². The van der Waals surface area contributed by atoms with Gasteiger partial charge in [-0.25, -0.2) is 0 Å².